The number of nitrogens with zero attached hydrogens (tertiary/aromatic N) is 5. The summed E-state index contributed by atoms with van der Waals surface area (Å²) in [6.45, 7) is 1.39. The predicted molar refractivity (Wildman–Crippen MR) is 135 cm³/mol. The first-order valence-corrected chi connectivity index (χ1v) is 12.4. The van der Waals surface area contributed by atoms with Gasteiger partial charge in [-0.05, 0) is 23.8 Å². The lowest BCUT2D eigenvalue weighted by Crippen LogP contribution is -2.48. The molecule has 0 aliphatic carbocycles. The number of hydrogen-bond acceptors (Lipinski definition) is 8. The molecule has 13 heteroatoms. The molecule has 3 aliphatic heterocycles. The highest BCUT2D eigenvalue weighted by atomic mass is 35.5. The van der Waals surface area contributed by atoms with Crippen molar-refractivity contribution in [3.05, 3.63) is 70.5 Å². The molecule has 10 nitrogen and oxygen atoms in total. The van der Waals surface area contributed by atoms with E-state index in [9.17, 15) is 14.0 Å². The van der Waals surface area contributed by atoms with Gasteiger partial charge in [-0.25, -0.2) is 23.5 Å². The third-order valence-corrected chi connectivity index (χ3v) is 7.20. The molecule has 2 amide bonds. The average Bonchev–Trinajstić information content (AvgIpc) is 3.31. The van der Waals surface area contributed by atoms with Crippen LogP contribution in [0.1, 0.15) is 28.0 Å². The Bertz CT molecular complexity index is 1420. The lowest BCUT2D eigenvalue weighted by atomic mass is 9.89. The zero-order valence-corrected chi connectivity index (χ0v) is 20.7. The monoisotopic (exact) mass is 541 g/mol. The predicted octanol–water partition coefficient (Wildman–Crippen LogP) is 3.42. The fourth-order valence-electron chi connectivity index (χ4n) is 4.94. The van der Waals surface area contributed by atoms with Gasteiger partial charge in [-0.1, -0.05) is 17.7 Å². The highest BCUT2D eigenvalue weighted by Crippen LogP contribution is 2.46. The number of nitrogens with one attached hydrogen (secondary N) is 2. The molecule has 1 aromatic carbocycles. The number of amides is 2. The number of benzene rings is 1. The molecule has 3 aliphatic rings. The largest absolute Gasteiger partial charge is 0.436 e. The minimum Gasteiger partial charge on any atom is -0.436 e. The summed E-state index contributed by atoms with van der Waals surface area (Å²) < 4.78 is 33.7. The van der Waals surface area contributed by atoms with Gasteiger partial charge in [0.15, 0.2) is 11.4 Å². The van der Waals surface area contributed by atoms with Gasteiger partial charge in [0, 0.05) is 25.7 Å². The number of pyridine rings is 1. The van der Waals surface area contributed by atoms with Gasteiger partial charge in [-0.15, -0.1) is 0 Å². The third-order valence-electron chi connectivity index (χ3n) is 6.91. The molecule has 196 valence electrons. The van der Waals surface area contributed by atoms with Crippen LogP contribution in [-0.2, 0) is 16.9 Å². The highest BCUT2D eigenvalue weighted by Gasteiger charge is 2.50. The molecule has 2 aromatic heterocycles. The molecule has 0 saturated carbocycles. The van der Waals surface area contributed by atoms with E-state index in [1.165, 1.54) is 18.5 Å². The number of halogens is 3. The Morgan fingerprint density at radius 1 is 1.18 bits per heavy atom. The Morgan fingerprint density at radius 2 is 2.03 bits per heavy atom. The summed E-state index contributed by atoms with van der Waals surface area (Å²) in [7, 11) is 0. The molecule has 0 unspecified atom stereocenters. The lowest BCUT2D eigenvalue weighted by Gasteiger charge is -2.35. The van der Waals surface area contributed by atoms with Gasteiger partial charge in [0.25, 0.3) is 5.91 Å². The standard InChI is InChI=1S/C25H22ClF2N7O3/c26-16-2-3-17-21(22(16)28)25(38-24(37)33-17)5-6-34(13-25)20-10-29-9-18(32-20)23(36)31-8-14-1-4-19(30-7-14)35-11-15(27)12-35/h1-4,7,9-10,15H,5-6,8,11-13H2,(H,31,36)(H,33,37)/t25-/m1/s1. The van der Waals surface area contributed by atoms with Crippen LogP contribution in [0.5, 0.6) is 0 Å². The van der Waals surface area contributed by atoms with Gasteiger partial charge in [-0.3, -0.25) is 15.1 Å². The van der Waals surface area contributed by atoms with E-state index < -0.39 is 29.6 Å². The molecular formula is C25H22ClF2N7O3. The summed E-state index contributed by atoms with van der Waals surface area (Å²) in [5.74, 6) is 0.000936. The molecule has 2 N–H and O–H groups in total. The van der Waals surface area contributed by atoms with Crippen LogP contribution in [0.2, 0.25) is 5.02 Å². The van der Waals surface area contributed by atoms with E-state index in [-0.39, 0.29) is 29.4 Å². The lowest BCUT2D eigenvalue weighted by molar-refractivity contribution is 0.0263. The molecule has 5 heterocycles. The molecule has 2 saturated heterocycles. The van der Waals surface area contributed by atoms with Gasteiger partial charge in [0.1, 0.15) is 23.5 Å². The molecule has 3 aromatic rings. The second-order valence-corrected chi connectivity index (χ2v) is 9.84. The maximum Gasteiger partial charge on any atom is 0.412 e. The first kappa shape index (κ1) is 24.3. The van der Waals surface area contributed by atoms with Gasteiger partial charge in [0.05, 0.1) is 48.3 Å². The summed E-state index contributed by atoms with van der Waals surface area (Å²) in [5, 5.41) is 5.24. The zero-order valence-electron chi connectivity index (χ0n) is 20.0. The van der Waals surface area contributed by atoms with Crippen LogP contribution in [-0.4, -0.2) is 59.3 Å². The van der Waals surface area contributed by atoms with E-state index in [1.54, 1.807) is 23.2 Å². The maximum absolute atomic E-state index is 15.0. The first-order chi connectivity index (χ1) is 18.3. The summed E-state index contributed by atoms with van der Waals surface area (Å²) >= 11 is 6.02. The van der Waals surface area contributed by atoms with E-state index in [0.717, 1.165) is 5.56 Å². The Hall–Kier alpha value is -4.06. The van der Waals surface area contributed by atoms with Crippen LogP contribution in [0.15, 0.2) is 42.9 Å². The summed E-state index contributed by atoms with van der Waals surface area (Å²) in [4.78, 5) is 41.6. The van der Waals surface area contributed by atoms with Gasteiger partial charge >= 0.3 is 6.09 Å². The minimum atomic E-state index is -1.26. The highest BCUT2D eigenvalue weighted by molar-refractivity contribution is 6.31. The van der Waals surface area contributed by atoms with E-state index >= 15 is 4.39 Å². The van der Waals surface area contributed by atoms with Crippen LogP contribution in [0.25, 0.3) is 0 Å². The van der Waals surface area contributed by atoms with Crippen molar-refractivity contribution < 1.29 is 23.1 Å². The van der Waals surface area contributed by atoms with Crippen LogP contribution in [0, 0.1) is 5.82 Å². The Kier molecular flexibility index (Phi) is 5.98. The van der Waals surface area contributed by atoms with Crippen molar-refractivity contribution in [3.63, 3.8) is 0 Å². The fraction of sp³-hybridized carbons (Fsp3) is 0.320. The van der Waals surface area contributed by atoms with Crippen molar-refractivity contribution >= 4 is 40.9 Å². The summed E-state index contributed by atoms with van der Waals surface area (Å²) in [5.41, 5.74) is 0.111. The number of alkyl halides is 1. The van der Waals surface area contributed by atoms with Crippen molar-refractivity contribution in [3.8, 4) is 0 Å². The van der Waals surface area contributed by atoms with Crippen molar-refractivity contribution in [1.82, 2.24) is 20.3 Å². The zero-order chi connectivity index (χ0) is 26.4. The Balaban J connectivity index is 1.14. The number of aromatic nitrogens is 3. The van der Waals surface area contributed by atoms with Crippen LogP contribution in [0.3, 0.4) is 0 Å². The SMILES string of the molecule is O=C1Nc2ccc(Cl)c(F)c2[C@]2(CCN(c3cncc(C(=O)NCc4ccc(N5CC(F)C5)nc4)n3)C2)O1. The molecule has 1 atom stereocenters. The molecule has 1 spiro atoms. The van der Waals surface area contributed by atoms with Gasteiger partial charge in [-0.2, -0.15) is 0 Å². The molecule has 0 bridgehead atoms. The normalized spacial score (nSPS) is 20.6. The van der Waals surface area contributed by atoms with Crippen LogP contribution in [0.4, 0.5) is 30.9 Å². The van der Waals surface area contributed by atoms with E-state index in [0.29, 0.717) is 43.4 Å². The summed E-state index contributed by atoms with van der Waals surface area (Å²) in [6.07, 6.45) is 3.28. The first-order valence-electron chi connectivity index (χ1n) is 12.0. The number of anilines is 3. The Labute approximate surface area is 221 Å². The van der Waals surface area contributed by atoms with E-state index in [1.807, 2.05) is 11.0 Å². The minimum absolute atomic E-state index is 0.0708. The van der Waals surface area contributed by atoms with Crippen LogP contribution >= 0.6 is 11.6 Å². The molecule has 38 heavy (non-hydrogen) atoms. The number of carbonyl (C=O) groups is 2. The smallest absolute Gasteiger partial charge is 0.412 e. The number of fused-ring (bicyclic) bond motifs is 2. The molecule has 2 fully saturated rings. The number of ether oxygens (including phenoxy) is 1. The van der Waals surface area contributed by atoms with Crippen molar-refractivity contribution in [2.24, 2.45) is 0 Å². The van der Waals surface area contributed by atoms with E-state index in [4.69, 9.17) is 16.3 Å². The second-order valence-electron chi connectivity index (χ2n) is 9.44. The van der Waals surface area contributed by atoms with Crippen molar-refractivity contribution in [1.29, 1.82) is 0 Å². The van der Waals surface area contributed by atoms with Crippen LogP contribution < -0.4 is 20.4 Å². The number of carbonyl (C=O) groups excluding carboxylic acids is 2. The van der Waals surface area contributed by atoms with E-state index in [2.05, 4.69) is 25.6 Å². The second kappa shape index (κ2) is 9.35. The quantitative estimate of drug-likeness (QED) is 0.505. The number of hydrogen-bond donors (Lipinski definition) is 2. The fourth-order valence-corrected chi connectivity index (χ4v) is 5.10. The Morgan fingerprint density at radius 3 is 2.79 bits per heavy atom. The topological polar surface area (TPSA) is 113 Å². The summed E-state index contributed by atoms with van der Waals surface area (Å²) in [6, 6.07) is 6.54. The van der Waals surface area contributed by atoms with Gasteiger partial charge in [0.2, 0.25) is 0 Å². The third kappa shape index (κ3) is 4.34. The molecule has 0 radical (unpaired) electrons. The average molecular weight is 542 g/mol. The van der Waals surface area contributed by atoms with Gasteiger partial charge < -0.3 is 19.9 Å². The maximum atomic E-state index is 15.0. The van der Waals surface area contributed by atoms with Crippen molar-refractivity contribution in [2.45, 2.75) is 24.7 Å². The molecule has 6 rings (SSSR count). The number of rotatable bonds is 5. The van der Waals surface area contributed by atoms with Crippen molar-refractivity contribution in [2.75, 3.05) is 41.3 Å². The molecular weight excluding hydrogens is 520 g/mol.